The van der Waals surface area contributed by atoms with E-state index < -0.39 is 5.97 Å². The lowest BCUT2D eigenvalue weighted by molar-refractivity contribution is -0.142. The second kappa shape index (κ2) is 5.93. The van der Waals surface area contributed by atoms with Crippen molar-refractivity contribution in [1.29, 1.82) is 0 Å². The highest BCUT2D eigenvalue weighted by Gasteiger charge is 2.29. The molecule has 104 valence electrons. The minimum Gasteiger partial charge on any atom is -0.495 e. The molecule has 0 spiro atoms. The van der Waals surface area contributed by atoms with Gasteiger partial charge in [-0.05, 0) is 43.5 Å². The number of carboxylic acid groups (broad SMARTS) is 1. The molecule has 1 fully saturated rings. The number of nitrogen functional groups attached to an aromatic ring is 1. The van der Waals surface area contributed by atoms with Crippen molar-refractivity contribution in [2.24, 2.45) is 0 Å². The van der Waals surface area contributed by atoms with Crippen molar-refractivity contribution in [2.45, 2.75) is 25.3 Å². The fourth-order valence-electron chi connectivity index (χ4n) is 2.59. The van der Waals surface area contributed by atoms with Crippen LogP contribution in [0.5, 0.6) is 5.75 Å². The molecule has 0 bridgehead atoms. The summed E-state index contributed by atoms with van der Waals surface area (Å²) >= 11 is 0. The number of nitrogens with zero attached hydrogens (tertiary/aromatic N) is 1. The average Bonchev–Trinajstić information content (AvgIpc) is 2.85. The second-order valence-corrected chi connectivity index (χ2v) is 4.86. The summed E-state index contributed by atoms with van der Waals surface area (Å²) in [6, 6.07) is 5.39. The molecular weight excluding hydrogens is 244 g/mol. The number of aliphatic carboxylic acids is 1. The van der Waals surface area contributed by atoms with Gasteiger partial charge >= 0.3 is 5.97 Å². The molecule has 0 amide bonds. The number of nitrogens with two attached hydrogens (primary N) is 1. The molecule has 19 heavy (non-hydrogen) atoms. The lowest BCUT2D eigenvalue weighted by atomic mass is 10.1. The molecule has 0 aliphatic carbocycles. The maximum atomic E-state index is 11.1. The third-order valence-electron chi connectivity index (χ3n) is 3.63. The lowest BCUT2D eigenvalue weighted by Crippen LogP contribution is -2.37. The van der Waals surface area contributed by atoms with Crippen LogP contribution >= 0.6 is 0 Å². The van der Waals surface area contributed by atoms with Gasteiger partial charge in [0.1, 0.15) is 11.8 Å². The zero-order valence-corrected chi connectivity index (χ0v) is 11.1. The van der Waals surface area contributed by atoms with Gasteiger partial charge in [-0.1, -0.05) is 6.07 Å². The number of ether oxygens (including phenoxy) is 1. The summed E-state index contributed by atoms with van der Waals surface area (Å²) in [6.45, 7) is 1.62. The van der Waals surface area contributed by atoms with Crippen LogP contribution in [0.4, 0.5) is 5.69 Å². The summed E-state index contributed by atoms with van der Waals surface area (Å²) in [5.74, 6) is -0.0416. The molecule has 1 aromatic rings. The highest BCUT2D eigenvalue weighted by atomic mass is 16.5. The predicted molar refractivity (Wildman–Crippen MR) is 73.3 cm³/mol. The number of hydrogen-bond donors (Lipinski definition) is 2. The van der Waals surface area contributed by atoms with Gasteiger partial charge in [0.05, 0.1) is 12.8 Å². The monoisotopic (exact) mass is 264 g/mol. The van der Waals surface area contributed by atoms with Crippen molar-refractivity contribution < 1.29 is 14.6 Å². The molecule has 5 nitrogen and oxygen atoms in total. The first-order chi connectivity index (χ1) is 9.11. The molecule has 1 aliphatic heterocycles. The van der Waals surface area contributed by atoms with E-state index in [4.69, 9.17) is 15.6 Å². The molecule has 1 aromatic carbocycles. The zero-order chi connectivity index (χ0) is 13.8. The number of methoxy groups -OCH3 is 1. The van der Waals surface area contributed by atoms with Crippen LogP contribution in [-0.4, -0.2) is 42.2 Å². The molecule has 1 aliphatic rings. The number of anilines is 1. The van der Waals surface area contributed by atoms with E-state index in [1.54, 1.807) is 7.11 Å². The van der Waals surface area contributed by atoms with Crippen LogP contribution in [0.25, 0.3) is 0 Å². The molecule has 1 heterocycles. The van der Waals surface area contributed by atoms with Crippen LogP contribution < -0.4 is 10.5 Å². The number of carboxylic acids is 1. The van der Waals surface area contributed by atoms with Gasteiger partial charge in [0, 0.05) is 6.54 Å². The number of benzene rings is 1. The van der Waals surface area contributed by atoms with Crippen molar-refractivity contribution in [3.63, 3.8) is 0 Å². The Morgan fingerprint density at radius 3 is 3.00 bits per heavy atom. The molecule has 0 saturated carbocycles. The molecule has 0 aromatic heterocycles. The summed E-state index contributed by atoms with van der Waals surface area (Å²) < 4.78 is 5.11. The molecule has 5 heteroatoms. The highest BCUT2D eigenvalue weighted by Crippen LogP contribution is 2.23. The van der Waals surface area contributed by atoms with E-state index in [0.29, 0.717) is 11.4 Å². The maximum absolute atomic E-state index is 11.1. The summed E-state index contributed by atoms with van der Waals surface area (Å²) in [7, 11) is 1.59. The minimum absolute atomic E-state index is 0.324. The Labute approximate surface area is 113 Å². The predicted octanol–water partition coefficient (Wildman–Crippen LogP) is 1.37. The van der Waals surface area contributed by atoms with Crippen molar-refractivity contribution in [1.82, 2.24) is 4.90 Å². The molecule has 0 radical (unpaired) electrons. The van der Waals surface area contributed by atoms with Gasteiger partial charge < -0.3 is 15.6 Å². The molecule has 1 saturated heterocycles. The lowest BCUT2D eigenvalue weighted by Gasteiger charge is -2.21. The van der Waals surface area contributed by atoms with Gasteiger partial charge in [0.25, 0.3) is 0 Å². The Hall–Kier alpha value is -1.75. The Balaban J connectivity index is 1.95. The largest absolute Gasteiger partial charge is 0.495 e. The van der Waals surface area contributed by atoms with Crippen molar-refractivity contribution in [2.75, 3.05) is 25.9 Å². The van der Waals surface area contributed by atoms with Gasteiger partial charge in [-0.15, -0.1) is 0 Å². The highest BCUT2D eigenvalue weighted by molar-refractivity contribution is 5.73. The fraction of sp³-hybridized carbons (Fsp3) is 0.500. The van der Waals surface area contributed by atoms with E-state index in [0.717, 1.165) is 37.9 Å². The van der Waals surface area contributed by atoms with Crippen LogP contribution in [0.1, 0.15) is 18.4 Å². The Morgan fingerprint density at radius 1 is 1.58 bits per heavy atom. The number of likely N-dealkylation sites (tertiary alicyclic amines) is 1. The topological polar surface area (TPSA) is 75.8 Å². The van der Waals surface area contributed by atoms with Crippen LogP contribution in [0.3, 0.4) is 0 Å². The van der Waals surface area contributed by atoms with Crippen molar-refractivity contribution >= 4 is 11.7 Å². The van der Waals surface area contributed by atoms with Gasteiger partial charge in [-0.2, -0.15) is 0 Å². The van der Waals surface area contributed by atoms with Gasteiger partial charge in [0.2, 0.25) is 0 Å². The van der Waals surface area contributed by atoms with Crippen LogP contribution in [0.2, 0.25) is 0 Å². The molecule has 1 atom stereocenters. The first-order valence-electron chi connectivity index (χ1n) is 6.51. The number of hydrogen-bond acceptors (Lipinski definition) is 4. The van der Waals surface area contributed by atoms with Crippen LogP contribution in [-0.2, 0) is 11.2 Å². The van der Waals surface area contributed by atoms with Crippen molar-refractivity contribution in [3.8, 4) is 5.75 Å². The minimum atomic E-state index is -0.716. The first kappa shape index (κ1) is 13.7. The van der Waals surface area contributed by atoms with Crippen LogP contribution in [0.15, 0.2) is 18.2 Å². The normalized spacial score (nSPS) is 19.5. The molecular formula is C14H20N2O3. The summed E-state index contributed by atoms with van der Waals surface area (Å²) in [5.41, 5.74) is 7.59. The fourth-order valence-corrected chi connectivity index (χ4v) is 2.59. The Morgan fingerprint density at radius 2 is 2.37 bits per heavy atom. The standard InChI is InChI=1S/C14H20N2O3/c1-19-13-5-4-10(9-11(13)15)6-8-16-7-2-3-12(16)14(17)18/h4-5,9,12H,2-3,6-8,15H2,1H3,(H,17,18). The van der Waals surface area contributed by atoms with E-state index in [9.17, 15) is 4.79 Å². The Kier molecular flexibility index (Phi) is 4.27. The summed E-state index contributed by atoms with van der Waals surface area (Å²) in [5, 5.41) is 9.12. The average molecular weight is 264 g/mol. The van der Waals surface area contributed by atoms with E-state index in [2.05, 4.69) is 0 Å². The summed E-state index contributed by atoms with van der Waals surface area (Å²) in [4.78, 5) is 13.1. The summed E-state index contributed by atoms with van der Waals surface area (Å²) in [6.07, 6.45) is 2.51. The third kappa shape index (κ3) is 3.17. The maximum Gasteiger partial charge on any atom is 0.320 e. The first-order valence-corrected chi connectivity index (χ1v) is 6.51. The van der Waals surface area contributed by atoms with E-state index in [-0.39, 0.29) is 6.04 Å². The van der Waals surface area contributed by atoms with E-state index >= 15 is 0 Å². The quantitative estimate of drug-likeness (QED) is 0.786. The van der Waals surface area contributed by atoms with E-state index in [1.807, 2.05) is 23.1 Å². The smallest absolute Gasteiger partial charge is 0.320 e. The SMILES string of the molecule is COc1ccc(CCN2CCCC2C(=O)O)cc1N. The second-order valence-electron chi connectivity index (χ2n) is 4.86. The zero-order valence-electron chi connectivity index (χ0n) is 11.1. The molecule has 2 rings (SSSR count). The molecule has 1 unspecified atom stereocenters. The third-order valence-corrected chi connectivity index (χ3v) is 3.63. The number of rotatable bonds is 5. The Bertz CT molecular complexity index is 462. The van der Waals surface area contributed by atoms with Gasteiger partial charge in [-0.3, -0.25) is 9.69 Å². The van der Waals surface area contributed by atoms with Gasteiger partial charge in [0.15, 0.2) is 0 Å². The number of carbonyl (C=O) groups is 1. The van der Waals surface area contributed by atoms with Gasteiger partial charge in [-0.25, -0.2) is 0 Å². The molecule has 3 N–H and O–H groups in total. The van der Waals surface area contributed by atoms with E-state index in [1.165, 1.54) is 0 Å². The van der Waals surface area contributed by atoms with Crippen molar-refractivity contribution in [3.05, 3.63) is 23.8 Å². The van der Waals surface area contributed by atoms with Crippen LogP contribution in [0, 0.1) is 0 Å².